The molecule has 0 fully saturated rings. The number of hydrogen-bond acceptors (Lipinski definition) is 6. The molecule has 6 amide bonds. The van der Waals surface area contributed by atoms with Crippen LogP contribution in [0.15, 0.2) is 36.4 Å². The maximum absolute atomic E-state index is 12.0. The van der Waals surface area contributed by atoms with E-state index in [0.717, 1.165) is 18.2 Å². The molecule has 3 aliphatic heterocycles. The summed E-state index contributed by atoms with van der Waals surface area (Å²) in [6.45, 7) is 0. The molecule has 4 rings (SSSR count). The molecule has 27 heavy (non-hydrogen) atoms. The Morgan fingerprint density at radius 3 is 0.889 bits per heavy atom. The third-order valence-electron chi connectivity index (χ3n) is 4.14. The number of carbonyl (C=O) groups excluding carboxylic acids is 6. The summed E-state index contributed by atoms with van der Waals surface area (Å²) in [5.74, 6) is -3.69. The van der Waals surface area contributed by atoms with Crippen LogP contribution in [-0.2, 0) is 28.8 Å². The number of amides is 6. The van der Waals surface area contributed by atoms with Gasteiger partial charge in [-0.2, -0.15) is 0 Å². The molecule has 1 aromatic rings. The first-order chi connectivity index (χ1) is 12.8. The normalized spacial score (nSPS) is 18.9. The van der Waals surface area contributed by atoms with Gasteiger partial charge in [0.05, 0.1) is 16.7 Å². The van der Waals surface area contributed by atoms with Gasteiger partial charge in [-0.3, -0.25) is 44.7 Å². The minimum Gasteiger partial charge on any atom is -0.289 e. The molecule has 3 heterocycles. The van der Waals surface area contributed by atoms with E-state index in [1.54, 1.807) is 0 Å². The van der Waals surface area contributed by atoms with Gasteiger partial charge < -0.3 is 0 Å². The van der Waals surface area contributed by atoms with Crippen molar-refractivity contribution in [2.24, 2.45) is 0 Å². The zero-order valence-electron chi connectivity index (χ0n) is 13.4. The van der Waals surface area contributed by atoms with Gasteiger partial charge in [-0.15, -0.1) is 0 Å². The van der Waals surface area contributed by atoms with E-state index in [1.807, 2.05) is 0 Å². The molecular formula is C18H9N3O6. The molecule has 0 aromatic heterocycles. The fourth-order valence-corrected chi connectivity index (χ4v) is 2.97. The van der Waals surface area contributed by atoms with Gasteiger partial charge in [0.2, 0.25) is 0 Å². The van der Waals surface area contributed by atoms with Crippen LogP contribution >= 0.6 is 0 Å². The molecule has 3 N–H and O–H groups in total. The number of carbonyl (C=O) groups is 6. The lowest BCUT2D eigenvalue weighted by atomic mass is 9.93. The fraction of sp³-hybridized carbons (Fsp3) is 0. The SMILES string of the molecule is O=C1C=C(c2cc(C3=CC(=O)NC3=O)cc(C3=CC(=O)NC3=O)c2)C(=O)N1. The van der Waals surface area contributed by atoms with Gasteiger partial charge in [0.1, 0.15) is 0 Å². The number of nitrogens with one attached hydrogen (secondary N) is 3. The second-order valence-corrected chi connectivity index (χ2v) is 5.93. The largest absolute Gasteiger partial charge is 0.289 e. The molecule has 9 heteroatoms. The standard InChI is InChI=1S/C18H9N3O6/c22-13-4-10(16(25)19-13)7-1-8(11-5-14(23)20-17(11)26)3-9(2-7)12-6-15(24)21-18(12)27/h1-6H,(H,19,22,25)(H,20,23,26)(H,21,24,27). The van der Waals surface area contributed by atoms with Crippen LogP contribution in [0.5, 0.6) is 0 Å². The molecular weight excluding hydrogens is 354 g/mol. The smallest absolute Gasteiger partial charge is 0.258 e. The Morgan fingerprint density at radius 1 is 0.444 bits per heavy atom. The highest BCUT2D eigenvalue weighted by atomic mass is 16.2. The van der Waals surface area contributed by atoms with E-state index in [2.05, 4.69) is 16.0 Å². The van der Waals surface area contributed by atoms with Crippen molar-refractivity contribution in [2.45, 2.75) is 0 Å². The molecule has 0 saturated heterocycles. The van der Waals surface area contributed by atoms with E-state index in [0.29, 0.717) is 0 Å². The van der Waals surface area contributed by atoms with E-state index in [4.69, 9.17) is 0 Å². The summed E-state index contributed by atoms with van der Waals surface area (Å²) in [6.07, 6.45) is 3.27. The predicted molar refractivity (Wildman–Crippen MR) is 89.8 cm³/mol. The Labute approximate surface area is 150 Å². The van der Waals surface area contributed by atoms with Gasteiger partial charge >= 0.3 is 0 Å². The van der Waals surface area contributed by atoms with Crippen molar-refractivity contribution in [3.05, 3.63) is 53.1 Å². The zero-order chi connectivity index (χ0) is 19.3. The highest BCUT2D eigenvalue weighted by Gasteiger charge is 2.29. The lowest BCUT2D eigenvalue weighted by Gasteiger charge is -2.10. The summed E-state index contributed by atoms with van der Waals surface area (Å²) in [6, 6.07) is 4.35. The monoisotopic (exact) mass is 363 g/mol. The van der Waals surface area contributed by atoms with Crippen LogP contribution in [-0.4, -0.2) is 35.4 Å². The quantitative estimate of drug-likeness (QED) is 0.577. The lowest BCUT2D eigenvalue weighted by molar-refractivity contribution is -0.124. The van der Waals surface area contributed by atoms with E-state index in [-0.39, 0.29) is 33.4 Å². The van der Waals surface area contributed by atoms with Crippen LogP contribution in [0, 0.1) is 0 Å². The van der Waals surface area contributed by atoms with Crippen LogP contribution in [0.25, 0.3) is 16.7 Å². The van der Waals surface area contributed by atoms with Crippen molar-refractivity contribution in [3.63, 3.8) is 0 Å². The first-order valence-electron chi connectivity index (χ1n) is 7.69. The van der Waals surface area contributed by atoms with Gasteiger partial charge in [0, 0.05) is 18.2 Å². The van der Waals surface area contributed by atoms with Gasteiger partial charge in [-0.1, -0.05) is 0 Å². The van der Waals surface area contributed by atoms with E-state index >= 15 is 0 Å². The summed E-state index contributed by atoms with van der Waals surface area (Å²) >= 11 is 0. The van der Waals surface area contributed by atoms with E-state index in [9.17, 15) is 28.8 Å². The maximum Gasteiger partial charge on any atom is 0.258 e. The van der Waals surface area contributed by atoms with Crippen molar-refractivity contribution in [1.29, 1.82) is 0 Å². The Balaban J connectivity index is 1.91. The average molecular weight is 363 g/mol. The van der Waals surface area contributed by atoms with Gasteiger partial charge in [-0.25, -0.2) is 0 Å². The fourth-order valence-electron chi connectivity index (χ4n) is 2.97. The van der Waals surface area contributed by atoms with Crippen molar-refractivity contribution in [1.82, 2.24) is 16.0 Å². The number of rotatable bonds is 3. The Morgan fingerprint density at radius 2 is 0.704 bits per heavy atom. The van der Waals surface area contributed by atoms with Crippen LogP contribution in [0.1, 0.15) is 16.7 Å². The Hall–Kier alpha value is -4.14. The molecule has 9 nitrogen and oxygen atoms in total. The summed E-state index contributed by atoms with van der Waals surface area (Å²) in [5, 5.41) is 6.33. The number of hydrogen-bond donors (Lipinski definition) is 3. The molecule has 132 valence electrons. The minimum atomic E-state index is -0.634. The van der Waals surface area contributed by atoms with Crippen LogP contribution < -0.4 is 16.0 Å². The molecule has 0 bridgehead atoms. The Kier molecular flexibility index (Phi) is 3.45. The molecule has 0 spiro atoms. The van der Waals surface area contributed by atoms with Crippen LogP contribution in [0.4, 0.5) is 0 Å². The number of imide groups is 3. The predicted octanol–water partition coefficient (Wildman–Crippen LogP) is -1.19. The van der Waals surface area contributed by atoms with Crippen molar-refractivity contribution in [2.75, 3.05) is 0 Å². The third-order valence-corrected chi connectivity index (χ3v) is 4.14. The van der Waals surface area contributed by atoms with Crippen molar-refractivity contribution < 1.29 is 28.8 Å². The van der Waals surface area contributed by atoms with Crippen molar-refractivity contribution in [3.8, 4) is 0 Å². The maximum atomic E-state index is 12.0. The van der Waals surface area contributed by atoms with Gasteiger partial charge in [0.25, 0.3) is 35.4 Å². The minimum absolute atomic E-state index is 0.0405. The second-order valence-electron chi connectivity index (χ2n) is 5.93. The van der Waals surface area contributed by atoms with E-state index < -0.39 is 35.4 Å². The summed E-state index contributed by atoms with van der Waals surface area (Å²) in [5.41, 5.74) is 0.891. The topological polar surface area (TPSA) is 139 Å². The lowest BCUT2D eigenvalue weighted by Crippen LogP contribution is -2.22. The number of benzene rings is 1. The highest BCUT2D eigenvalue weighted by Crippen LogP contribution is 2.30. The van der Waals surface area contributed by atoms with Crippen LogP contribution in [0.3, 0.4) is 0 Å². The average Bonchev–Trinajstić information content (AvgIpc) is 3.23. The first-order valence-corrected chi connectivity index (χ1v) is 7.69. The van der Waals surface area contributed by atoms with Crippen molar-refractivity contribution >= 4 is 52.2 Å². The second kappa shape index (κ2) is 5.70. The van der Waals surface area contributed by atoms with E-state index in [1.165, 1.54) is 18.2 Å². The summed E-state index contributed by atoms with van der Waals surface area (Å²) < 4.78 is 0. The first kappa shape index (κ1) is 16.3. The van der Waals surface area contributed by atoms with Gasteiger partial charge in [-0.05, 0) is 34.9 Å². The summed E-state index contributed by atoms with van der Waals surface area (Å²) in [4.78, 5) is 70.3. The summed E-state index contributed by atoms with van der Waals surface area (Å²) in [7, 11) is 0. The molecule has 0 unspecified atom stereocenters. The molecule has 0 aliphatic carbocycles. The molecule has 0 radical (unpaired) electrons. The highest BCUT2D eigenvalue weighted by molar-refractivity contribution is 6.37. The molecule has 3 aliphatic rings. The molecule has 1 aromatic carbocycles. The Bertz CT molecular complexity index is 956. The van der Waals surface area contributed by atoms with Crippen LogP contribution in [0.2, 0.25) is 0 Å². The molecule has 0 atom stereocenters. The van der Waals surface area contributed by atoms with Gasteiger partial charge in [0.15, 0.2) is 0 Å². The molecule has 0 saturated carbocycles. The zero-order valence-corrected chi connectivity index (χ0v) is 13.4. The third kappa shape index (κ3) is 2.76.